The van der Waals surface area contributed by atoms with E-state index in [2.05, 4.69) is 67.3 Å². The molecule has 24 heavy (non-hydrogen) atoms. The van der Waals surface area contributed by atoms with Crippen LogP contribution in [0.2, 0.25) is 18.1 Å². The Morgan fingerprint density at radius 1 is 1.17 bits per heavy atom. The molecule has 4 nitrogen and oxygen atoms in total. The summed E-state index contributed by atoms with van der Waals surface area (Å²) in [6.45, 7) is 12.2. The van der Waals surface area contributed by atoms with E-state index in [0.717, 1.165) is 29.6 Å². The third-order valence-electron chi connectivity index (χ3n) is 4.83. The van der Waals surface area contributed by atoms with Crippen molar-refractivity contribution < 1.29 is 4.43 Å². The third-order valence-corrected chi connectivity index (χ3v) is 10.4. The first-order valence-electron chi connectivity index (χ1n) is 8.29. The highest BCUT2D eigenvalue weighted by atomic mass is 32.2. The van der Waals surface area contributed by atoms with Crippen molar-refractivity contribution in [3.63, 3.8) is 0 Å². The molecule has 0 unspecified atom stereocenters. The highest BCUT2D eigenvalue weighted by Crippen LogP contribution is 2.42. The molecule has 1 N–H and O–H groups in total. The van der Waals surface area contributed by atoms with Crippen molar-refractivity contribution >= 4 is 31.6 Å². The minimum atomic E-state index is -1.67. The quantitative estimate of drug-likeness (QED) is 0.645. The highest BCUT2D eigenvalue weighted by molar-refractivity contribution is 7.99. The second-order valence-corrected chi connectivity index (χ2v) is 13.5. The van der Waals surface area contributed by atoms with Gasteiger partial charge in [0.1, 0.15) is 5.03 Å². The Hall–Kier alpha value is -1.37. The molecule has 1 aliphatic heterocycles. The normalized spacial score (nSPS) is 13.9. The van der Waals surface area contributed by atoms with Crippen LogP contribution in [0.25, 0.3) is 0 Å². The van der Waals surface area contributed by atoms with Crippen LogP contribution in [0.3, 0.4) is 0 Å². The van der Waals surface area contributed by atoms with E-state index in [9.17, 15) is 0 Å². The molecular weight excluding hydrogens is 334 g/mol. The maximum absolute atomic E-state index is 6.29. The van der Waals surface area contributed by atoms with Gasteiger partial charge >= 0.3 is 0 Å². The van der Waals surface area contributed by atoms with E-state index in [1.807, 2.05) is 0 Å². The molecule has 6 heteroatoms. The molecule has 0 saturated heterocycles. The summed E-state index contributed by atoms with van der Waals surface area (Å²) in [5, 5.41) is 4.57. The van der Waals surface area contributed by atoms with E-state index in [-0.39, 0.29) is 5.04 Å². The summed E-state index contributed by atoms with van der Waals surface area (Å²) in [5.41, 5.74) is 2.39. The van der Waals surface area contributed by atoms with Gasteiger partial charge in [0.2, 0.25) is 0 Å². The Labute approximate surface area is 149 Å². The molecule has 0 radical (unpaired) electrons. The van der Waals surface area contributed by atoms with Crippen molar-refractivity contribution in [1.82, 2.24) is 9.97 Å². The Bertz CT molecular complexity index is 743. The van der Waals surface area contributed by atoms with E-state index in [1.54, 1.807) is 24.2 Å². The molecule has 128 valence electrons. The monoisotopic (exact) mass is 359 g/mol. The van der Waals surface area contributed by atoms with Crippen molar-refractivity contribution in [2.45, 2.75) is 55.2 Å². The fraction of sp³-hybridized carbons (Fsp3) is 0.444. The van der Waals surface area contributed by atoms with E-state index in [0.29, 0.717) is 0 Å². The fourth-order valence-corrected chi connectivity index (χ4v) is 4.20. The standard InChI is InChI=1S/C18H25N3OSSi/c1-18(2,3)24(4,5)22-11-8-13-6-7-15-14(12-13)21-16-17(23-15)20-10-9-19-16/h6-7,9-10,12H,8,11H2,1-5H3,(H,19,21). The molecule has 0 fully saturated rings. The van der Waals surface area contributed by atoms with Gasteiger partial charge in [-0.15, -0.1) is 0 Å². The SMILES string of the molecule is CC(C)(C)[Si](C)(C)OCCc1ccc2c(c1)Nc1nccnc1S2. The van der Waals surface area contributed by atoms with Gasteiger partial charge in [-0.1, -0.05) is 38.6 Å². The number of rotatable bonds is 4. The Morgan fingerprint density at radius 3 is 2.67 bits per heavy atom. The maximum atomic E-state index is 6.29. The Balaban J connectivity index is 1.66. The van der Waals surface area contributed by atoms with Crippen molar-refractivity contribution in [2.75, 3.05) is 11.9 Å². The molecule has 0 bridgehead atoms. The van der Waals surface area contributed by atoms with Gasteiger partial charge in [0.25, 0.3) is 0 Å². The number of nitrogens with zero attached hydrogens (tertiary/aromatic N) is 2. The molecule has 0 aliphatic carbocycles. The lowest BCUT2D eigenvalue weighted by molar-refractivity contribution is 0.292. The molecule has 2 aromatic rings. The van der Waals surface area contributed by atoms with Gasteiger partial charge in [-0.05, 0) is 42.2 Å². The third kappa shape index (κ3) is 3.65. The molecule has 0 saturated carbocycles. The van der Waals surface area contributed by atoms with Crippen LogP contribution in [-0.2, 0) is 10.8 Å². The molecule has 3 rings (SSSR count). The smallest absolute Gasteiger partial charge is 0.191 e. The first-order valence-corrected chi connectivity index (χ1v) is 12.0. The average molecular weight is 360 g/mol. The van der Waals surface area contributed by atoms with Crippen LogP contribution in [0, 0.1) is 0 Å². The number of aromatic nitrogens is 2. The number of anilines is 2. The zero-order valence-corrected chi connectivity index (χ0v) is 16.8. The van der Waals surface area contributed by atoms with E-state index >= 15 is 0 Å². The van der Waals surface area contributed by atoms with E-state index < -0.39 is 8.32 Å². The predicted octanol–water partition coefficient (Wildman–Crippen LogP) is 5.25. The Kier molecular flexibility index (Phi) is 4.73. The molecule has 1 aromatic heterocycles. The highest BCUT2D eigenvalue weighted by Gasteiger charge is 2.36. The summed E-state index contributed by atoms with van der Waals surface area (Å²) < 4.78 is 6.29. The minimum absolute atomic E-state index is 0.253. The summed E-state index contributed by atoms with van der Waals surface area (Å²) >= 11 is 1.66. The van der Waals surface area contributed by atoms with Crippen molar-refractivity contribution in [2.24, 2.45) is 0 Å². The van der Waals surface area contributed by atoms with Crippen LogP contribution >= 0.6 is 11.8 Å². The van der Waals surface area contributed by atoms with Gasteiger partial charge < -0.3 is 9.74 Å². The predicted molar refractivity (Wildman–Crippen MR) is 103 cm³/mol. The van der Waals surface area contributed by atoms with Crippen LogP contribution in [0.1, 0.15) is 26.3 Å². The van der Waals surface area contributed by atoms with Gasteiger partial charge in [-0.2, -0.15) is 0 Å². The van der Waals surface area contributed by atoms with Crippen LogP contribution in [-0.4, -0.2) is 24.9 Å². The summed E-state index contributed by atoms with van der Waals surface area (Å²) in [6.07, 6.45) is 4.37. The van der Waals surface area contributed by atoms with Crippen molar-refractivity contribution in [3.05, 3.63) is 36.2 Å². The lowest BCUT2D eigenvalue weighted by Crippen LogP contribution is -2.41. The van der Waals surface area contributed by atoms with Crippen LogP contribution in [0.15, 0.2) is 40.5 Å². The number of benzene rings is 1. The second kappa shape index (κ2) is 6.50. The van der Waals surface area contributed by atoms with Gasteiger partial charge in [0.05, 0.1) is 5.69 Å². The van der Waals surface area contributed by atoms with Crippen LogP contribution in [0.5, 0.6) is 0 Å². The fourth-order valence-electron chi connectivity index (χ4n) is 2.28. The zero-order valence-electron chi connectivity index (χ0n) is 15.0. The topological polar surface area (TPSA) is 47.0 Å². The molecule has 0 amide bonds. The lowest BCUT2D eigenvalue weighted by atomic mass is 10.1. The number of hydrogen-bond acceptors (Lipinski definition) is 5. The molecule has 0 spiro atoms. The van der Waals surface area contributed by atoms with Gasteiger partial charge in [0, 0.05) is 23.9 Å². The van der Waals surface area contributed by atoms with Crippen LogP contribution in [0.4, 0.5) is 11.5 Å². The van der Waals surface area contributed by atoms with Crippen molar-refractivity contribution in [1.29, 1.82) is 0 Å². The van der Waals surface area contributed by atoms with Gasteiger partial charge in [-0.3, -0.25) is 0 Å². The maximum Gasteiger partial charge on any atom is 0.191 e. The molecule has 2 heterocycles. The Morgan fingerprint density at radius 2 is 1.92 bits per heavy atom. The van der Waals surface area contributed by atoms with E-state index in [4.69, 9.17) is 4.43 Å². The van der Waals surface area contributed by atoms with Crippen molar-refractivity contribution in [3.8, 4) is 0 Å². The lowest BCUT2D eigenvalue weighted by Gasteiger charge is -2.36. The summed E-state index contributed by atoms with van der Waals surface area (Å²) in [4.78, 5) is 9.91. The minimum Gasteiger partial charge on any atom is -0.416 e. The average Bonchev–Trinajstić information content (AvgIpc) is 2.51. The zero-order chi connectivity index (χ0) is 17.4. The summed E-state index contributed by atoms with van der Waals surface area (Å²) in [7, 11) is -1.67. The molecule has 1 aromatic carbocycles. The first-order chi connectivity index (χ1) is 11.3. The van der Waals surface area contributed by atoms with Crippen LogP contribution < -0.4 is 5.32 Å². The largest absolute Gasteiger partial charge is 0.416 e. The van der Waals surface area contributed by atoms with Gasteiger partial charge in [-0.25, -0.2) is 9.97 Å². The molecule has 0 atom stereocenters. The number of nitrogens with one attached hydrogen (secondary N) is 1. The number of fused-ring (bicyclic) bond motifs is 2. The summed E-state index contributed by atoms with van der Waals surface area (Å²) in [6, 6.07) is 6.55. The molecular formula is C18H25N3OSSi. The second-order valence-electron chi connectivity index (χ2n) is 7.63. The van der Waals surface area contributed by atoms with E-state index in [1.165, 1.54) is 10.5 Å². The first kappa shape index (κ1) is 17.4. The number of hydrogen-bond donors (Lipinski definition) is 1. The van der Waals surface area contributed by atoms with Gasteiger partial charge in [0.15, 0.2) is 14.1 Å². The molecule has 1 aliphatic rings. The summed E-state index contributed by atoms with van der Waals surface area (Å²) in [5.74, 6) is 0.838.